The zero-order chi connectivity index (χ0) is 21.3. The Bertz CT molecular complexity index is 843. The first-order chi connectivity index (χ1) is 15.1. The fourth-order valence-electron chi connectivity index (χ4n) is 6.72. The minimum atomic E-state index is 0.0218. The number of carbonyl (C=O) groups excluding carboxylic acids is 1. The Kier molecular flexibility index (Phi) is 6.13. The Labute approximate surface area is 189 Å². The van der Waals surface area contributed by atoms with E-state index in [9.17, 15) is 4.79 Å². The van der Waals surface area contributed by atoms with Gasteiger partial charge in [-0.15, -0.1) is 10.2 Å². The summed E-state index contributed by atoms with van der Waals surface area (Å²) in [5.41, 5.74) is 0.0218. The number of thioether (sulfide) groups is 1. The lowest BCUT2D eigenvalue weighted by Gasteiger charge is -2.60. The van der Waals surface area contributed by atoms with Crippen molar-refractivity contribution in [2.75, 3.05) is 5.75 Å². The standard InChI is InChI=1S/C24H34N4O2S/c1-2-3-4-7-27-17-25-26-23(27)31-16-22(29)28(15-21-6-5-8-30-21)24-12-18-9-19(13-24)11-20(10-18)14-24/h5-6,8,17-20H,2-4,7,9-16H2,1H3. The predicted molar refractivity (Wildman–Crippen MR) is 120 cm³/mol. The third-order valence-electron chi connectivity index (χ3n) is 7.68. The van der Waals surface area contributed by atoms with Gasteiger partial charge in [-0.25, -0.2) is 0 Å². The molecule has 4 bridgehead atoms. The molecule has 0 radical (unpaired) electrons. The SMILES string of the molecule is CCCCCn1cnnc1SCC(=O)N(Cc1ccco1)C12CC3CC(CC(C3)C1)C2. The lowest BCUT2D eigenvalue weighted by atomic mass is 9.52. The van der Waals surface area contributed by atoms with Crippen molar-refractivity contribution in [3.8, 4) is 0 Å². The Morgan fingerprint density at radius 2 is 1.97 bits per heavy atom. The van der Waals surface area contributed by atoms with Gasteiger partial charge in [0.1, 0.15) is 12.1 Å². The summed E-state index contributed by atoms with van der Waals surface area (Å²) in [6.07, 6.45) is 14.6. The largest absolute Gasteiger partial charge is 0.467 e. The minimum absolute atomic E-state index is 0.0218. The first-order valence-electron chi connectivity index (χ1n) is 12.0. The fraction of sp³-hybridized carbons (Fsp3) is 0.708. The summed E-state index contributed by atoms with van der Waals surface area (Å²) < 4.78 is 7.77. The number of hydrogen-bond donors (Lipinski definition) is 0. The Balaban J connectivity index is 1.31. The van der Waals surface area contributed by atoms with E-state index in [1.54, 1.807) is 12.6 Å². The summed E-state index contributed by atoms with van der Waals surface area (Å²) >= 11 is 1.53. The first-order valence-corrected chi connectivity index (χ1v) is 13.0. The molecule has 4 saturated carbocycles. The second-order valence-electron chi connectivity index (χ2n) is 10.0. The topological polar surface area (TPSA) is 64.2 Å². The van der Waals surface area contributed by atoms with Crippen LogP contribution >= 0.6 is 11.8 Å². The summed E-state index contributed by atoms with van der Waals surface area (Å²) in [5.74, 6) is 3.91. The van der Waals surface area contributed by atoms with Crippen LogP contribution in [-0.4, -0.2) is 36.9 Å². The van der Waals surface area contributed by atoms with Gasteiger partial charge >= 0.3 is 0 Å². The summed E-state index contributed by atoms with van der Waals surface area (Å²) in [7, 11) is 0. The molecule has 1 amide bonds. The molecule has 4 fully saturated rings. The average molecular weight is 443 g/mol. The van der Waals surface area contributed by atoms with E-state index < -0.39 is 0 Å². The number of unbranched alkanes of at least 4 members (excludes halogenated alkanes) is 2. The van der Waals surface area contributed by atoms with Crippen molar-refractivity contribution in [3.05, 3.63) is 30.5 Å². The van der Waals surface area contributed by atoms with E-state index in [-0.39, 0.29) is 11.4 Å². The van der Waals surface area contributed by atoms with Crippen LogP contribution in [0, 0.1) is 17.8 Å². The van der Waals surface area contributed by atoms with Crippen LogP contribution in [0.4, 0.5) is 0 Å². The van der Waals surface area contributed by atoms with E-state index in [0.717, 1.165) is 41.6 Å². The van der Waals surface area contributed by atoms with Crippen LogP contribution in [0.3, 0.4) is 0 Å². The van der Waals surface area contributed by atoms with Crippen LogP contribution in [0.5, 0.6) is 0 Å². The van der Waals surface area contributed by atoms with Gasteiger partial charge in [-0.1, -0.05) is 31.5 Å². The number of nitrogens with zero attached hydrogens (tertiary/aromatic N) is 4. The molecule has 31 heavy (non-hydrogen) atoms. The molecule has 2 aromatic heterocycles. The molecule has 4 aliphatic rings. The van der Waals surface area contributed by atoms with E-state index in [4.69, 9.17) is 4.42 Å². The molecule has 0 aliphatic heterocycles. The fourth-order valence-corrected chi connectivity index (χ4v) is 7.54. The molecule has 0 aromatic carbocycles. The molecule has 168 valence electrons. The highest BCUT2D eigenvalue weighted by molar-refractivity contribution is 7.99. The molecule has 2 aromatic rings. The van der Waals surface area contributed by atoms with Gasteiger partial charge in [-0.3, -0.25) is 4.79 Å². The highest BCUT2D eigenvalue weighted by Crippen LogP contribution is 2.58. The highest BCUT2D eigenvalue weighted by atomic mass is 32.2. The van der Waals surface area contributed by atoms with E-state index in [2.05, 4.69) is 26.6 Å². The van der Waals surface area contributed by atoms with E-state index in [1.807, 2.05) is 12.1 Å². The van der Waals surface area contributed by atoms with Crippen LogP contribution < -0.4 is 0 Å². The molecular formula is C24H34N4O2S. The van der Waals surface area contributed by atoms with E-state index >= 15 is 0 Å². The Hall–Kier alpha value is -1.76. The van der Waals surface area contributed by atoms with Gasteiger partial charge in [0.15, 0.2) is 5.16 Å². The molecule has 0 N–H and O–H groups in total. The van der Waals surface area contributed by atoms with Crippen molar-refractivity contribution in [2.24, 2.45) is 17.8 Å². The maximum Gasteiger partial charge on any atom is 0.233 e. The van der Waals surface area contributed by atoms with Crippen molar-refractivity contribution in [2.45, 2.75) is 88.5 Å². The molecule has 2 heterocycles. The van der Waals surface area contributed by atoms with Crippen molar-refractivity contribution >= 4 is 17.7 Å². The monoisotopic (exact) mass is 442 g/mol. The number of amides is 1. The van der Waals surface area contributed by atoms with Crippen LogP contribution in [0.2, 0.25) is 0 Å². The zero-order valence-corrected chi connectivity index (χ0v) is 19.4. The van der Waals surface area contributed by atoms with Gasteiger partial charge in [0.2, 0.25) is 5.91 Å². The molecule has 0 atom stereocenters. The first kappa shape index (κ1) is 21.1. The minimum Gasteiger partial charge on any atom is -0.467 e. The summed E-state index contributed by atoms with van der Waals surface area (Å²) in [6.45, 7) is 3.71. The number of rotatable bonds is 10. The van der Waals surface area contributed by atoms with Gasteiger partial charge in [-0.2, -0.15) is 0 Å². The van der Waals surface area contributed by atoms with E-state index in [1.165, 1.54) is 63.1 Å². The smallest absolute Gasteiger partial charge is 0.233 e. The second kappa shape index (κ2) is 9.00. The highest BCUT2D eigenvalue weighted by Gasteiger charge is 2.54. The van der Waals surface area contributed by atoms with Crippen molar-refractivity contribution in [1.82, 2.24) is 19.7 Å². The van der Waals surface area contributed by atoms with Crippen LogP contribution in [0.15, 0.2) is 34.3 Å². The summed E-state index contributed by atoms with van der Waals surface area (Å²) in [4.78, 5) is 15.9. The Morgan fingerprint density at radius 3 is 2.61 bits per heavy atom. The summed E-state index contributed by atoms with van der Waals surface area (Å²) in [5, 5.41) is 9.23. The van der Waals surface area contributed by atoms with Crippen molar-refractivity contribution in [1.29, 1.82) is 0 Å². The summed E-state index contributed by atoms with van der Waals surface area (Å²) in [6, 6.07) is 3.92. The third-order valence-corrected chi connectivity index (χ3v) is 8.65. The van der Waals surface area contributed by atoms with E-state index in [0.29, 0.717) is 12.3 Å². The lowest BCUT2D eigenvalue weighted by molar-refractivity contribution is -0.150. The number of carbonyl (C=O) groups is 1. The van der Waals surface area contributed by atoms with Gasteiger partial charge < -0.3 is 13.9 Å². The molecule has 0 saturated heterocycles. The van der Waals surface area contributed by atoms with Crippen LogP contribution in [-0.2, 0) is 17.9 Å². The van der Waals surface area contributed by atoms with Gasteiger partial charge in [-0.05, 0) is 74.8 Å². The third kappa shape index (κ3) is 4.43. The normalized spacial score (nSPS) is 28.9. The second-order valence-corrected chi connectivity index (χ2v) is 10.9. The van der Waals surface area contributed by atoms with Crippen LogP contribution in [0.1, 0.15) is 70.5 Å². The van der Waals surface area contributed by atoms with Crippen molar-refractivity contribution < 1.29 is 9.21 Å². The quantitative estimate of drug-likeness (QED) is 0.376. The molecule has 6 rings (SSSR count). The number of hydrogen-bond acceptors (Lipinski definition) is 5. The number of aryl methyl sites for hydroxylation is 1. The number of furan rings is 1. The molecule has 0 unspecified atom stereocenters. The van der Waals surface area contributed by atoms with Gasteiger partial charge in [0.05, 0.1) is 18.6 Å². The van der Waals surface area contributed by atoms with Crippen LogP contribution in [0.25, 0.3) is 0 Å². The maximum atomic E-state index is 13.7. The zero-order valence-electron chi connectivity index (χ0n) is 18.5. The Morgan fingerprint density at radius 1 is 1.23 bits per heavy atom. The molecule has 0 spiro atoms. The predicted octanol–water partition coefficient (Wildman–Crippen LogP) is 5.15. The average Bonchev–Trinajstić information content (AvgIpc) is 3.41. The molecule has 6 nitrogen and oxygen atoms in total. The van der Waals surface area contributed by atoms with Gasteiger partial charge in [0.25, 0.3) is 0 Å². The van der Waals surface area contributed by atoms with Crippen molar-refractivity contribution in [3.63, 3.8) is 0 Å². The van der Waals surface area contributed by atoms with Gasteiger partial charge in [0, 0.05) is 12.1 Å². The number of aromatic nitrogens is 3. The molecular weight excluding hydrogens is 408 g/mol. The molecule has 7 heteroatoms. The molecule has 4 aliphatic carbocycles. The maximum absolute atomic E-state index is 13.7. The lowest BCUT2D eigenvalue weighted by Crippen LogP contribution is -2.61.